The Labute approximate surface area is 90.7 Å². The van der Waals surface area contributed by atoms with E-state index in [1.807, 2.05) is 0 Å². The van der Waals surface area contributed by atoms with E-state index < -0.39 is 26.4 Å². The highest BCUT2D eigenvalue weighted by molar-refractivity contribution is 8.13. The average Bonchev–Trinajstić information content (AvgIpc) is 2.11. The minimum absolute atomic E-state index is 0.108. The molecule has 7 heteroatoms. The zero-order chi connectivity index (χ0) is 11.6. The van der Waals surface area contributed by atoms with Crippen LogP contribution in [0, 0.1) is 5.82 Å². The van der Waals surface area contributed by atoms with Gasteiger partial charge in [0.15, 0.2) is 11.5 Å². The lowest BCUT2D eigenvalue weighted by molar-refractivity contribution is 0.362. The van der Waals surface area contributed by atoms with Crippen molar-refractivity contribution in [2.45, 2.75) is 5.75 Å². The summed E-state index contributed by atoms with van der Waals surface area (Å²) in [6.45, 7) is 0. The lowest BCUT2D eigenvalue weighted by Gasteiger charge is -2.07. The molecule has 0 unspecified atom stereocenters. The number of benzene rings is 1. The number of hydrogen-bond donors (Lipinski definition) is 1. The molecule has 0 aliphatic heterocycles. The Hall–Kier alpha value is -1.01. The van der Waals surface area contributed by atoms with Gasteiger partial charge in [-0.2, -0.15) is 4.39 Å². The first-order valence-corrected chi connectivity index (χ1v) is 6.29. The van der Waals surface area contributed by atoms with E-state index in [4.69, 9.17) is 10.7 Å². The summed E-state index contributed by atoms with van der Waals surface area (Å²) in [5.41, 5.74) is -0.108. The van der Waals surface area contributed by atoms with E-state index in [1.165, 1.54) is 19.2 Å². The van der Waals surface area contributed by atoms with E-state index >= 15 is 0 Å². The van der Waals surface area contributed by atoms with Crippen molar-refractivity contribution in [1.82, 2.24) is 0 Å². The molecule has 0 fully saturated rings. The van der Waals surface area contributed by atoms with Gasteiger partial charge in [-0.3, -0.25) is 0 Å². The Morgan fingerprint density at radius 3 is 2.60 bits per heavy atom. The van der Waals surface area contributed by atoms with E-state index in [2.05, 4.69) is 4.74 Å². The summed E-state index contributed by atoms with van der Waals surface area (Å²) in [4.78, 5) is 0. The van der Waals surface area contributed by atoms with Crippen molar-refractivity contribution in [3.05, 3.63) is 23.5 Å². The van der Waals surface area contributed by atoms with Crippen molar-refractivity contribution in [1.29, 1.82) is 0 Å². The molecule has 0 spiro atoms. The maximum Gasteiger partial charge on any atom is 0.236 e. The molecule has 1 aromatic carbocycles. The fraction of sp³-hybridized carbons (Fsp3) is 0.250. The molecule has 0 atom stereocenters. The van der Waals surface area contributed by atoms with Crippen molar-refractivity contribution in [2.75, 3.05) is 7.11 Å². The molecule has 1 N–H and O–H groups in total. The van der Waals surface area contributed by atoms with E-state index in [0.29, 0.717) is 0 Å². The lowest BCUT2D eigenvalue weighted by Crippen LogP contribution is -1.98. The zero-order valence-electron chi connectivity index (χ0n) is 7.70. The Bertz CT molecular complexity index is 472. The monoisotopic (exact) mass is 254 g/mol. The largest absolute Gasteiger partial charge is 0.505 e. The number of methoxy groups -OCH3 is 1. The molecule has 4 nitrogen and oxygen atoms in total. The van der Waals surface area contributed by atoms with Gasteiger partial charge >= 0.3 is 0 Å². The van der Waals surface area contributed by atoms with Crippen LogP contribution in [0.25, 0.3) is 0 Å². The van der Waals surface area contributed by atoms with Crippen molar-refractivity contribution < 1.29 is 22.7 Å². The molecule has 0 aliphatic rings. The molecule has 0 aliphatic carbocycles. The number of hydrogen-bond acceptors (Lipinski definition) is 4. The number of ether oxygens (including phenoxy) is 1. The Morgan fingerprint density at radius 2 is 2.13 bits per heavy atom. The Balaban J connectivity index is 3.18. The third-order valence-electron chi connectivity index (χ3n) is 1.71. The van der Waals surface area contributed by atoms with Crippen LogP contribution >= 0.6 is 10.7 Å². The third kappa shape index (κ3) is 2.97. The van der Waals surface area contributed by atoms with Gasteiger partial charge in [0.1, 0.15) is 0 Å². The summed E-state index contributed by atoms with van der Waals surface area (Å²) in [5.74, 6) is -2.57. The van der Waals surface area contributed by atoms with Crippen molar-refractivity contribution in [3.63, 3.8) is 0 Å². The number of phenols is 1. The SMILES string of the molecule is COc1ccc(CS(=O)(=O)Cl)c(O)c1F. The molecule has 0 saturated heterocycles. The summed E-state index contributed by atoms with van der Waals surface area (Å²) in [6.07, 6.45) is 0. The van der Waals surface area contributed by atoms with Crippen LogP contribution in [0.2, 0.25) is 0 Å². The zero-order valence-corrected chi connectivity index (χ0v) is 9.27. The van der Waals surface area contributed by atoms with Crippen LogP contribution in [-0.2, 0) is 14.8 Å². The van der Waals surface area contributed by atoms with Crippen molar-refractivity contribution in [2.24, 2.45) is 0 Å². The van der Waals surface area contributed by atoms with Crippen LogP contribution in [-0.4, -0.2) is 20.6 Å². The van der Waals surface area contributed by atoms with E-state index in [9.17, 15) is 17.9 Å². The predicted octanol–water partition coefficient (Wildman–Crippen LogP) is 1.61. The third-order valence-corrected chi connectivity index (χ3v) is 2.70. The molecule has 0 saturated carbocycles. The fourth-order valence-electron chi connectivity index (χ4n) is 1.05. The van der Waals surface area contributed by atoms with Crippen LogP contribution in [0.1, 0.15) is 5.56 Å². The molecule has 1 rings (SSSR count). The summed E-state index contributed by atoms with van der Waals surface area (Å²) in [7, 11) is 2.37. The molecule has 15 heavy (non-hydrogen) atoms. The summed E-state index contributed by atoms with van der Waals surface area (Å²) in [5, 5.41) is 9.29. The molecule has 1 aromatic rings. The van der Waals surface area contributed by atoms with Crippen molar-refractivity contribution in [3.8, 4) is 11.5 Å². The van der Waals surface area contributed by atoms with Crippen LogP contribution < -0.4 is 4.74 Å². The number of rotatable bonds is 3. The number of halogens is 2. The maximum atomic E-state index is 13.2. The van der Waals surface area contributed by atoms with E-state index in [0.717, 1.165) is 0 Å². The van der Waals surface area contributed by atoms with Gasteiger partial charge in [-0.25, -0.2) is 8.42 Å². The molecule has 84 valence electrons. The van der Waals surface area contributed by atoms with Gasteiger partial charge in [0.2, 0.25) is 14.9 Å². The molecule has 0 aromatic heterocycles. The van der Waals surface area contributed by atoms with Crippen LogP contribution in [0.15, 0.2) is 12.1 Å². The minimum Gasteiger partial charge on any atom is -0.505 e. The maximum absolute atomic E-state index is 13.2. The molecule has 0 bridgehead atoms. The standard InChI is InChI=1S/C8H8ClFO4S/c1-14-6-3-2-5(4-15(9,12)13)8(11)7(6)10/h2-3,11H,4H2,1H3. The smallest absolute Gasteiger partial charge is 0.236 e. The summed E-state index contributed by atoms with van der Waals surface area (Å²) >= 11 is 0. The topological polar surface area (TPSA) is 63.6 Å². The van der Waals surface area contributed by atoms with Crippen molar-refractivity contribution >= 4 is 19.7 Å². The number of phenolic OH excluding ortho intramolecular Hbond substituents is 1. The Morgan fingerprint density at radius 1 is 1.53 bits per heavy atom. The van der Waals surface area contributed by atoms with Gasteiger partial charge in [0.25, 0.3) is 0 Å². The van der Waals surface area contributed by atoms with Gasteiger partial charge in [-0.1, -0.05) is 6.07 Å². The normalized spacial score (nSPS) is 11.4. The predicted molar refractivity (Wildman–Crippen MR) is 53.1 cm³/mol. The first-order chi connectivity index (χ1) is 6.85. The van der Waals surface area contributed by atoms with E-state index in [-0.39, 0.29) is 11.3 Å². The Kier molecular flexibility index (Phi) is 3.41. The molecule has 0 radical (unpaired) electrons. The molecular formula is C8H8ClFO4S. The quantitative estimate of drug-likeness (QED) is 0.833. The highest BCUT2D eigenvalue weighted by Crippen LogP contribution is 2.30. The summed E-state index contributed by atoms with van der Waals surface area (Å²) in [6, 6.07) is 2.45. The minimum atomic E-state index is -3.83. The fourth-order valence-corrected chi connectivity index (χ4v) is 2.00. The van der Waals surface area contributed by atoms with Gasteiger partial charge in [0.05, 0.1) is 12.9 Å². The first kappa shape index (κ1) is 12.1. The van der Waals surface area contributed by atoms with E-state index in [1.54, 1.807) is 0 Å². The number of aromatic hydroxyl groups is 1. The average molecular weight is 255 g/mol. The van der Waals surface area contributed by atoms with Crippen LogP contribution in [0.4, 0.5) is 4.39 Å². The lowest BCUT2D eigenvalue weighted by atomic mass is 10.2. The second-order valence-corrected chi connectivity index (χ2v) is 5.55. The second kappa shape index (κ2) is 4.24. The van der Waals surface area contributed by atoms with Gasteiger partial charge in [-0.05, 0) is 6.07 Å². The molecule has 0 heterocycles. The van der Waals surface area contributed by atoms with Crippen LogP contribution in [0.3, 0.4) is 0 Å². The highest BCUT2D eigenvalue weighted by Gasteiger charge is 2.17. The van der Waals surface area contributed by atoms with Gasteiger partial charge in [0, 0.05) is 16.2 Å². The van der Waals surface area contributed by atoms with Gasteiger partial charge in [-0.15, -0.1) is 0 Å². The summed E-state index contributed by atoms with van der Waals surface area (Å²) < 4.78 is 39.3. The highest BCUT2D eigenvalue weighted by atomic mass is 35.7. The van der Waals surface area contributed by atoms with Crippen LogP contribution in [0.5, 0.6) is 11.5 Å². The van der Waals surface area contributed by atoms with Gasteiger partial charge < -0.3 is 9.84 Å². The molecule has 0 amide bonds. The first-order valence-electron chi connectivity index (χ1n) is 3.82. The molecular weight excluding hydrogens is 247 g/mol. The second-order valence-electron chi connectivity index (χ2n) is 2.77.